The first-order valence-corrected chi connectivity index (χ1v) is 8.28. The number of hydrogen-bond acceptors (Lipinski definition) is 4. The second-order valence-corrected chi connectivity index (χ2v) is 6.53. The third-order valence-corrected chi connectivity index (χ3v) is 4.81. The van der Waals surface area contributed by atoms with Gasteiger partial charge in [-0.2, -0.15) is 5.10 Å². The number of fused-ring (bicyclic) bond motifs is 1. The minimum atomic E-state index is -0.0275. The molecule has 2 aromatic heterocycles. The Hall–Kier alpha value is -2.24. The van der Waals surface area contributed by atoms with E-state index in [0.29, 0.717) is 18.9 Å². The zero-order valence-electron chi connectivity index (χ0n) is 13.6. The Bertz CT molecular complexity index is 749. The summed E-state index contributed by atoms with van der Waals surface area (Å²) in [5, 5.41) is 4.61. The van der Waals surface area contributed by atoms with Crippen LogP contribution in [0.3, 0.4) is 0 Å². The van der Waals surface area contributed by atoms with Gasteiger partial charge in [-0.3, -0.25) is 9.78 Å². The van der Waals surface area contributed by atoms with E-state index in [4.69, 9.17) is 4.98 Å². The summed E-state index contributed by atoms with van der Waals surface area (Å²) in [6.07, 6.45) is 4.48. The molecule has 4 rings (SSSR count). The maximum absolute atomic E-state index is 12.7. The summed E-state index contributed by atoms with van der Waals surface area (Å²) in [4.78, 5) is 23.7. The third-order valence-electron chi connectivity index (χ3n) is 4.81. The zero-order chi connectivity index (χ0) is 16.0. The molecule has 1 saturated carbocycles. The Kier molecular flexibility index (Phi) is 3.39. The Morgan fingerprint density at radius 3 is 2.91 bits per heavy atom. The van der Waals surface area contributed by atoms with Crippen LogP contribution >= 0.6 is 0 Å². The molecule has 2 aliphatic rings. The molecule has 0 saturated heterocycles. The third kappa shape index (κ3) is 2.62. The van der Waals surface area contributed by atoms with E-state index in [1.165, 1.54) is 12.8 Å². The lowest BCUT2D eigenvalue weighted by molar-refractivity contribution is -0.133. The summed E-state index contributed by atoms with van der Waals surface area (Å²) in [6, 6.07) is 3.86. The molecule has 0 aromatic carbocycles. The first kappa shape index (κ1) is 14.4. The number of carbonyl (C=O) groups is 1. The van der Waals surface area contributed by atoms with Crippen molar-refractivity contribution in [3.8, 4) is 0 Å². The summed E-state index contributed by atoms with van der Waals surface area (Å²) in [6.45, 7) is 5.45. The molecule has 1 fully saturated rings. The first-order chi connectivity index (χ1) is 11.1. The van der Waals surface area contributed by atoms with E-state index in [1.807, 2.05) is 35.6 Å². The lowest BCUT2D eigenvalue weighted by Gasteiger charge is -2.33. The van der Waals surface area contributed by atoms with Gasteiger partial charge in [-0.15, -0.1) is 0 Å². The van der Waals surface area contributed by atoms with Gasteiger partial charge < -0.3 is 4.90 Å². The average molecular weight is 311 g/mol. The van der Waals surface area contributed by atoms with E-state index in [-0.39, 0.29) is 11.9 Å². The van der Waals surface area contributed by atoms with Gasteiger partial charge in [0.05, 0.1) is 24.7 Å². The van der Waals surface area contributed by atoms with Crippen molar-refractivity contribution in [2.75, 3.05) is 6.54 Å². The topological polar surface area (TPSA) is 63.9 Å². The monoisotopic (exact) mass is 311 g/mol. The highest BCUT2D eigenvalue weighted by Gasteiger charge is 2.34. The average Bonchev–Trinajstić information content (AvgIpc) is 3.29. The fraction of sp³-hybridized carbons (Fsp3) is 0.529. The Morgan fingerprint density at radius 1 is 1.35 bits per heavy atom. The quantitative estimate of drug-likeness (QED) is 0.870. The number of carbonyl (C=O) groups excluding carboxylic acids is 1. The molecular weight excluding hydrogens is 290 g/mol. The van der Waals surface area contributed by atoms with Gasteiger partial charge in [0.15, 0.2) is 5.82 Å². The van der Waals surface area contributed by atoms with Crippen molar-refractivity contribution in [2.45, 2.75) is 51.6 Å². The molecule has 1 atom stereocenters. The number of rotatable bonds is 3. The Balaban J connectivity index is 1.53. The van der Waals surface area contributed by atoms with E-state index in [9.17, 15) is 4.79 Å². The number of nitrogens with zero attached hydrogens (tertiary/aromatic N) is 5. The van der Waals surface area contributed by atoms with Crippen LogP contribution < -0.4 is 0 Å². The van der Waals surface area contributed by atoms with Crippen molar-refractivity contribution in [1.29, 1.82) is 0 Å². The molecule has 0 radical (unpaired) electrons. The number of amides is 1. The Labute approximate surface area is 135 Å². The molecule has 1 amide bonds. The van der Waals surface area contributed by atoms with Crippen LogP contribution in [0.4, 0.5) is 0 Å². The van der Waals surface area contributed by atoms with Gasteiger partial charge in [-0.25, -0.2) is 9.67 Å². The second kappa shape index (κ2) is 5.44. The van der Waals surface area contributed by atoms with E-state index >= 15 is 0 Å². The molecule has 0 bridgehead atoms. The lowest BCUT2D eigenvalue weighted by Crippen LogP contribution is -2.42. The minimum absolute atomic E-state index is 0.0275. The molecule has 2 aromatic rings. The molecule has 0 unspecified atom stereocenters. The Morgan fingerprint density at radius 2 is 2.17 bits per heavy atom. The molecule has 0 N–H and O–H groups in total. The maximum atomic E-state index is 12.7. The highest BCUT2D eigenvalue weighted by molar-refractivity contribution is 5.79. The van der Waals surface area contributed by atoms with Crippen molar-refractivity contribution >= 4 is 5.91 Å². The van der Waals surface area contributed by atoms with Crippen LogP contribution in [-0.4, -0.2) is 37.1 Å². The summed E-state index contributed by atoms with van der Waals surface area (Å²) >= 11 is 0. The summed E-state index contributed by atoms with van der Waals surface area (Å²) in [7, 11) is 0. The van der Waals surface area contributed by atoms with E-state index in [0.717, 1.165) is 29.5 Å². The van der Waals surface area contributed by atoms with Crippen molar-refractivity contribution in [3.63, 3.8) is 0 Å². The van der Waals surface area contributed by atoms with Gasteiger partial charge in [0, 0.05) is 18.7 Å². The minimum Gasteiger partial charge on any atom is -0.331 e. The molecule has 0 spiro atoms. The normalized spacial score (nSPS) is 20.4. The molecule has 1 aliphatic heterocycles. The van der Waals surface area contributed by atoms with Crippen molar-refractivity contribution in [1.82, 2.24) is 24.6 Å². The van der Waals surface area contributed by atoms with Gasteiger partial charge >= 0.3 is 0 Å². The van der Waals surface area contributed by atoms with Crippen LogP contribution in [0.2, 0.25) is 0 Å². The van der Waals surface area contributed by atoms with Crippen LogP contribution in [0, 0.1) is 6.92 Å². The van der Waals surface area contributed by atoms with Gasteiger partial charge in [-0.1, -0.05) is 6.07 Å². The van der Waals surface area contributed by atoms with Gasteiger partial charge in [0.2, 0.25) is 5.91 Å². The van der Waals surface area contributed by atoms with E-state index < -0.39 is 0 Å². The summed E-state index contributed by atoms with van der Waals surface area (Å²) < 4.78 is 1.98. The van der Waals surface area contributed by atoms with Crippen LogP contribution in [0.15, 0.2) is 18.3 Å². The van der Waals surface area contributed by atoms with Crippen LogP contribution in [0.5, 0.6) is 0 Å². The van der Waals surface area contributed by atoms with Crippen LogP contribution in [-0.2, 0) is 17.8 Å². The highest BCUT2D eigenvalue weighted by atomic mass is 16.2. The smallest absolute Gasteiger partial charge is 0.229 e. The zero-order valence-corrected chi connectivity index (χ0v) is 13.6. The highest BCUT2D eigenvalue weighted by Crippen LogP contribution is 2.39. The lowest BCUT2D eigenvalue weighted by atomic mass is 10.1. The van der Waals surface area contributed by atoms with Gasteiger partial charge in [0.25, 0.3) is 0 Å². The van der Waals surface area contributed by atoms with Crippen molar-refractivity contribution < 1.29 is 4.79 Å². The predicted octanol–water partition coefficient (Wildman–Crippen LogP) is 2.00. The molecule has 6 heteroatoms. The molecule has 23 heavy (non-hydrogen) atoms. The van der Waals surface area contributed by atoms with E-state index in [1.54, 1.807) is 6.20 Å². The van der Waals surface area contributed by atoms with E-state index in [2.05, 4.69) is 10.1 Å². The van der Waals surface area contributed by atoms with Crippen molar-refractivity contribution in [2.24, 2.45) is 0 Å². The molecule has 1 aliphatic carbocycles. The SMILES string of the molecule is Cc1cccnc1CC(=O)N1CCn2nc(C3CC3)nc2[C@H]1C. The molecule has 6 nitrogen and oxygen atoms in total. The predicted molar refractivity (Wildman–Crippen MR) is 84.8 cm³/mol. The number of aromatic nitrogens is 4. The van der Waals surface area contributed by atoms with Gasteiger partial charge in [-0.05, 0) is 38.3 Å². The first-order valence-electron chi connectivity index (χ1n) is 8.28. The van der Waals surface area contributed by atoms with Gasteiger partial charge in [0.1, 0.15) is 5.82 Å². The largest absolute Gasteiger partial charge is 0.331 e. The number of hydrogen-bond donors (Lipinski definition) is 0. The second-order valence-electron chi connectivity index (χ2n) is 6.53. The molecule has 120 valence electrons. The standard InChI is InChI=1S/C17H21N5O/c1-11-4-3-7-18-14(11)10-15(23)21-8-9-22-17(12(21)2)19-16(20-22)13-5-6-13/h3-4,7,12-13H,5-6,8-10H2,1-2H3/t12-/m1/s1. The van der Waals surface area contributed by atoms with Crippen LogP contribution in [0.1, 0.15) is 54.6 Å². The number of aryl methyl sites for hydroxylation is 1. The molecular formula is C17H21N5O. The van der Waals surface area contributed by atoms with Crippen LogP contribution in [0.25, 0.3) is 0 Å². The fourth-order valence-electron chi connectivity index (χ4n) is 3.18. The summed E-state index contributed by atoms with van der Waals surface area (Å²) in [5.41, 5.74) is 1.92. The summed E-state index contributed by atoms with van der Waals surface area (Å²) in [5.74, 6) is 2.54. The maximum Gasteiger partial charge on any atom is 0.229 e. The number of pyridine rings is 1. The molecule has 3 heterocycles. The fourth-order valence-corrected chi connectivity index (χ4v) is 3.18. The van der Waals surface area contributed by atoms with Crippen molar-refractivity contribution in [3.05, 3.63) is 41.2 Å².